The smallest absolute Gasteiger partial charge is 0.419 e. The number of nitrogens with one attached hydrogen (secondary N) is 1. The van der Waals surface area contributed by atoms with Gasteiger partial charge in [-0.1, -0.05) is 39.8 Å². The van der Waals surface area contributed by atoms with Crippen molar-refractivity contribution in [2.45, 2.75) is 40.0 Å². The molecule has 0 aliphatic heterocycles. The summed E-state index contributed by atoms with van der Waals surface area (Å²) in [5, 5.41) is 3.24. The number of benzene rings is 1. The predicted molar refractivity (Wildman–Crippen MR) is 78.4 cm³/mol. The number of para-hydroxylation sites is 1. The first-order chi connectivity index (χ1) is 9.71. The third-order valence-corrected chi connectivity index (χ3v) is 3.11. The van der Waals surface area contributed by atoms with Crippen molar-refractivity contribution in [3.63, 3.8) is 0 Å². The molecule has 1 atom stereocenters. The standard InChI is InChI=1S/C16H24F3NO/c1-11(2)9-20-10-15(12(3)4)21-14-8-6-5-7-13(14)16(17,18)19/h5-8,11-12,15,20H,9-10H2,1-4H3. The van der Waals surface area contributed by atoms with E-state index in [1.54, 1.807) is 6.07 Å². The van der Waals surface area contributed by atoms with Crippen LogP contribution in [0.5, 0.6) is 5.75 Å². The van der Waals surface area contributed by atoms with Crippen molar-refractivity contribution in [3.05, 3.63) is 29.8 Å². The van der Waals surface area contributed by atoms with Gasteiger partial charge >= 0.3 is 6.18 Å². The van der Waals surface area contributed by atoms with Crippen LogP contribution in [0.1, 0.15) is 33.3 Å². The van der Waals surface area contributed by atoms with E-state index in [0.717, 1.165) is 12.6 Å². The highest BCUT2D eigenvalue weighted by Crippen LogP contribution is 2.36. The highest BCUT2D eigenvalue weighted by molar-refractivity contribution is 5.35. The molecule has 0 fully saturated rings. The number of halogens is 3. The lowest BCUT2D eigenvalue weighted by Crippen LogP contribution is -2.37. The van der Waals surface area contributed by atoms with Gasteiger partial charge in [0.15, 0.2) is 0 Å². The van der Waals surface area contributed by atoms with Gasteiger partial charge in [0.1, 0.15) is 11.9 Å². The Morgan fingerprint density at radius 2 is 1.67 bits per heavy atom. The zero-order chi connectivity index (χ0) is 16.0. The molecule has 1 unspecified atom stereocenters. The third-order valence-electron chi connectivity index (χ3n) is 3.11. The summed E-state index contributed by atoms with van der Waals surface area (Å²) in [5.74, 6) is 0.501. The number of alkyl halides is 3. The van der Waals surface area contributed by atoms with Crippen LogP contribution in [-0.2, 0) is 6.18 Å². The van der Waals surface area contributed by atoms with E-state index >= 15 is 0 Å². The third kappa shape index (κ3) is 5.96. The summed E-state index contributed by atoms with van der Waals surface area (Å²) >= 11 is 0. The molecule has 21 heavy (non-hydrogen) atoms. The van der Waals surface area contributed by atoms with E-state index in [0.29, 0.717) is 12.5 Å². The fraction of sp³-hybridized carbons (Fsp3) is 0.625. The van der Waals surface area contributed by atoms with Crippen LogP contribution in [0, 0.1) is 11.8 Å². The maximum atomic E-state index is 13.0. The van der Waals surface area contributed by atoms with E-state index in [1.807, 2.05) is 13.8 Å². The summed E-state index contributed by atoms with van der Waals surface area (Å²) in [6, 6.07) is 5.36. The molecule has 2 nitrogen and oxygen atoms in total. The molecule has 5 heteroatoms. The van der Waals surface area contributed by atoms with Crippen LogP contribution in [0.25, 0.3) is 0 Å². The molecule has 1 aromatic carbocycles. The van der Waals surface area contributed by atoms with Crippen molar-refractivity contribution in [3.8, 4) is 5.75 Å². The molecule has 0 aliphatic carbocycles. The Morgan fingerprint density at radius 1 is 1.05 bits per heavy atom. The van der Waals surface area contributed by atoms with Gasteiger partial charge in [-0.2, -0.15) is 13.2 Å². The minimum absolute atomic E-state index is 0.102. The molecular weight excluding hydrogens is 279 g/mol. The second kappa shape index (κ2) is 7.69. The molecule has 120 valence electrons. The van der Waals surface area contributed by atoms with Gasteiger partial charge in [-0.3, -0.25) is 0 Å². The Labute approximate surface area is 124 Å². The molecule has 1 N–H and O–H groups in total. The number of rotatable bonds is 7. The van der Waals surface area contributed by atoms with Crippen LogP contribution in [0.2, 0.25) is 0 Å². The van der Waals surface area contributed by atoms with Crippen LogP contribution in [0.4, 0.5) is 13.2 Å². The summed E-state index contributed by atoms with van der Waals surface area (Å²) in [7, 11) is 0. The van der Waals surface area contributed by atoms with Gasteiger partial charge < -0.3 is 10.1 Å². The molecular formula is C16H24F3NO. The zero-order valence-electron chi connectivity index (χ0n) is 13.0. The van der Waals surface area contributed by atoms with Crippen LogP contribution in [0.3, 0.4) is 0 Å². The highest BCUT2D eigenvalue weighted by atomic mass is 19.4. The maximum Gasteiger partial charge on any atom is 0.419 e. The fourth-order valence-corrected chi connectivity index (χ4v) is 1.89. The first-order valence-electron chi connectivity index (χ1n) is 7.25. The van der Waals surface area contributed by atoms with E-state index in [4.69, 9.17) is 4.74 Å². The van der Waals surface area contributed by atoms with Gasteiger partial charge in [-0.15, -0.1) is 0 Å². The Balaban J connectivity index is 2.80. The molecule has 0 spiro atoms. The van der Waals surface area contributed by atoms with Crippen molar-refractivity contribution in [2.24, 2.45) is 11.8 Å². The van der Waals surface area contributed by atoms with Crippen molar-refractivity contribution in [1.82, 2.24) is 5.32 Å². The minimum Gasteiger partial charge on any atom is -0.488 e. The molecule has 0 aliphatic rings. The summed E-state index contributed by atoms with van der Waals surface area (Å²) < 4.78 is 44.5. The van der Waals surface area contributed by atoms with E-state index < -0.39 is 11.7 Å². The number of hydrogen-bond donors (Lipinski definition) is 1. The molecule has 1 rings (SSSR count). The topological polar surface area (TPSA) is 21.3 Å². The molecule has 0 aromatic heterocycles. The van der Waals surface area contributed by atoms with Crippen LogP contribution < -0.4 is 10.1 Å². The largest absolute Gasteiger partial charge is 0.488 e. The fourth-order valence-electron chi connectivity index (χ4n) is 1.89. The molecule has 0 saturated heterocycles. The number of hydrogen-bond acceptors (Lipinski definition) is 2. The second-order valence-corrected chi connectivity index (χ2v) is 5.95. The monoisotopic (exact) mass is 303 g/mol. The Hall–Kier alpha value is -1.23. The van der Waals surface area contributed by atoms with Crippen molar-refractivity contribution in [2.75, 3.05) is 13.1 Å². The molecule has 0 radical (unpaired) electrons. The number of ether oxygens (including phenoxy) is 1. The van der Waals surface area contributed by atoms with Crippen molar-refractivity contribution in [1.29, 1.82) is 0 Å². The molecule has 0 heterocycles. The van der Waals surface area contributed by atoms with E-state index in [1.165, 1.54) is 12.1 Å². The lowest BCUT2D eigenvalue weighted by atomic mass is 10.1. The maximum absolute atomic E-state index is 13.0. The first-order valence-corrected chi connectivity index (χ1v) is 7.25. The van der Waals surface area contributed by atoms with Gasteiger partial charge in [0.05, 0.1) is 5.56 Å². The summed E-state index contributed by atoms with van der Waals surface area (Å²) in [6.07, 6.45) is -4.70. The predicted octanol–water partition coefficient (Wildman–Crippen LogP) is 4.35. The van der Waals surface area contributed by atoms with Gasteiger partial charge in [-0.05, 0) is 30.5 Å². The summed E-state index contributed by atoms with van der Waals surface area (Å²) in [4.78, 5) is 0. The minimum atomic E-state index is -4.40. The van der Waals surface area contributed by atoms with E-state index in [-0.39, 0.29) is 17.8 Å². The molecule has 0 amide bonds. The van der Waals surface area contributed by atoms with Crippen LogP contribution in [-0.4, -0.2) is 19.2 Å². The van der Waals surface area contributed by atoms with E-state index in [9.17, 15) is 13.2 Å². The second-order valence-electron chi connectivity index (χ2n) is 5.95. The Bertz CT molecular complexity index is 430. The van der Waals surface area contributed by atoms with Gasteiger partial charge in [0.2, 0.25) is 0 Å². The van der Waals surface area contributed by atoms with Gasteiger partial charge in [0.25, 0.3) is 0 Å². The molecule has 1 aromatic rings. The molecule has 0 bridgehead atoms. The van der Waals surface area contributed by atoms with Crippen molar-refractivity contribution < 1.29 is 17.9 Å². The lowest BCUT2D eigenvalue weighted by molar-refractivity contribution is -0.139. The average Bonchev–Trinajstić information content (AvgIpc) is 2.36. The van der Waals surface area contributed by atoms with Gasteiger partial charge in [-0.25, -0.2) is 0 Å². The quantitative estimate of drug-likeness (QED) is 0.808. The van der Waals surface area contributed by atoms with Gasteiger partial charge in [0, 0.05) is 6.54 Å². The first kappa shape index (κ1) is 17.8. The van der Waals surface area contributed by atoms with E-state index in [2.05, 4.69) is 19.2 Å². The summed E-state index contributed by atoms with van der Waals surface area (Å²) in [6.45, 7) is 9.39. The highest BCUT2D eigenvalue weighted by Gasteiger charge is 2.34. The Kier molecular flexibility index (Phi) is 6.52. The summed E-state index contributed by atoms with van der Waals surface area (Å²) in [5.41, 5.74) is -0.723. The van der Waals surface area contributed by atoms with Crippen molar-refractivity contribution >= 4 is 0 Å². The molecule has 0 saturated carbocycles. The Morgan fingerprint density at radius 3 is 2.19 bits per heavy atom. The normalized spacial score (nSPS) is 13.8. The lowest BCUT2D eigenvalue weighted by Gasteiger charge is -2.25. The average molecular weight is 303 g/mol. The van der Waals surface area contributed by atoms with Crippen LogP contribution >= 0.6 is 0 Å². The zero-order valence-corrected chi connectivity index (χ0v) is 13.0. The van der Waals surface area contributed by atoms with Crippen LogP contribution in [0.15, 0.2) is 24.3 Å². The SMILES string of the molecule is CC(C)CNCC(Oc1ccccc1C(F)(F)F)C(C)C.